The van der Waals surface area contributed by atoms with E-state index < -0.39 is 30.1 Å². The fourth-order valence-electron chi connectivity index (χ4n) is 3.94. The fourth-order valence-corrected chi connectivity index (χ4v) is 3.94. The van der Waals surface area contributed by atoms with Gasteiger partial charge >= 0.3 is 5.97 Å². The molecule has 0 aliphatic carbocycles. The molecule has 0 aliphatic rings. The van der Waals surface area contributed by atoms with E-state index >= 15 is 0 Å². The van der Waals surface area contributed by atoms with Crippen molar-refractivity contribution in [1.29, 1.82) is 0 Å². The molecule has 0 aromatic heterocycles. The van der Waals surface area contributed by atoms with E-state index in [2.05, 4.69) is 30.1 Å². The quantitative estimate of drug-likeness (QED) is 0.0425. The minimum absolute atomic E-state index is 0.00735. The molecule has 0 aliphatic heterocycles. The SMILES string of the molecule is CCCCCCCCOc1cc(OCCCCCCCC)c(C(=O)NNC(=O)CC(=O)OCC)cc1C(=O)NN. The highest BCUT2D eigenvalue weighted by Gasteiger charge is 2.22. The molecule has 5 N–H and O–H groups in total. The molecule has 0 atom stereocenters. The van der Waals surface area contributed by atoms with Gasteiger partial charge in [-0.1, -0.05) is 78.1 Å². The van der Waals surface area contributed by atoms with Crippen molar-refractivity contribution in [2.75, 3.05) is 19.8 Å². The molecule has 40 heavy (non-hydrogen) atoms. The summed E-state index contributed by atoms with van der Waals surface area (Å²) in [4.78, 5) is 49.1. The van der Waals surface area contributed by atoms with Crippen molar-refractivity contribution in [3.8, 4) is 11.5 Å². The van der Waals surface area contributed by atoms with Gasteiger partial charge in [-0.3, -0.25) is 35.5 Å². The van der Waals surface area contributed by atoms with Crippen LogP contribution in [0.5, 0.6) is 11.5 Å². The van der Waals surface area contributed by atoms with Gasteiger partial charge in [0.15, 0.2) is 0 Å². The molecule has 1 aromatic rings. The van der Waals surface area contributed by atoms with E-state index in [1.54, 1.807) is 6.92 Å². The highest BCUT2D eigenvalue weighted by Crippen LogP contribution is 2.30. The number of hydrogen-bond donors (Lipinski definition) is 4. The summed E-state index contributed by atoms with van der Waals surface area (Å²) in [6.07, 6.45) is 12.3. The molecule has 226 valence electrons. The third-order valence-electron chi connectivity index (χ3n) is 6.14. The Hall–Kier alpha value is -3.34. The zero-order valence-corrected chi connectivity index (χ0v) is 24.4. The Kier molecular flexibility index (Phi) is 18.6. The number of nitrogen functional groups attached to an aromatic ring is 1. The van der Waals surface area contributed by atoms with Gasteiger partial charge in [0.2, 0.25) is 5.91 Å². The van der Waals surface area contributed by atoms with Crippen LogP contribution in [0.1, 0.15) is 125 Å². The average molecular weight is 565 g/mol. The lowest BCUT2D eigenvalue weighted by Gasteiger charge is -2.17. The number of amides is 3. The number of benzene rings is 1. The summed E-state index contributed by atoms with van der Waals surface area (Å²) in [5.74, 6) is 3.01. The maximum absolute atomic E-state index is 13.0. The topological polar surface area (TPSA) is 158 Å². The monoisotopic (exact) mass is 564 g/mol. The first kappa shape index (κ1) is 34.7. The first-order valence-electron chi connectivity index (χ1n) is 14.6. The van der Waals surface area contributed by atoms with Crippen LogP contribution in [0.2, 0.25) is 0 Å². The van der Waals surface area contributed by atoms with Crippen LogP contribution in [0.15, 0.2) is 12.1 Å². The number of ether oxygens (including phenoxy) is 3. The molecule has 1 aromatic carbocycles. The maximum atomic E-state index is 13.0. The maximum Gasteiger partial charge on any atom is 0.315 e. The van der Waals surface area contributed by atoms with Crippen molar-refractivity contribution in [1.82, 2.24) is 16.3 Å². The predicted molar refractivity (Wildman–Crippen MR) is 153 cm³/mol. The normalized spacial score (nSPS) is 10.5. The average Bonchev–Trinajstić information content (AvgIpc) is 2.94. The Balaban J connectivity index is 3.02. The van der Waals surface area contributed by atoms with E-state index in [-0.39, 0.29) is 29.2 Å². The lowest BCUT2D eigenvalue weighted by Crippen LogP contribution is -2.42. The second kappa shape index (κ2) is 21.5. The molecule has 0 radical (unpaired) electrons. The summed E-state index contributed by atoms with van der Waals surface area (Å²) in [7, 11) is 0. The summed E-state index contributed by atoms with van der Waals surface area (Å²) < 4.78 is 16.6. The number of hydrazine groups is 2. The Morgan fingerprint density at radius 2 is 1.18 bits per heavy atom. The van der Waals surface area contributed by atoms with Crippen molar-refractivity contribution in [2.45, 2.75) is 104 Å². The summed E-state index contributed by atoms with van der Waals surface area (Å²) in [5.41, 5.74) is 6.59. The van der Waals surface area contributed by atoms with Gasteiger partial charge < -0.3 is 14.2 Å². The van der Waals surface area contributed by atoms with Gasteiger partial charge in [-0.25, -0.2) is 5.84 Å². The molecule has 0 heterocycles. The Bertz CT molecular complexity index is 924. The number of unbranched alkanes of at least 4 members (excludes halogenated alkanes) is 10. The first-order valence-corrected chi connectivity index (χ1v) is 14.6. The largest absolute Gasteiger partial charge is 0.493 e. The number of nitrogens with two attached hydrogens (primary N) is 1. The van der Waals surface area contributed by atoms with Crippen LogP contribution in [0.25, 0.3) is 0 Å². The molecular weight excluding hydrogens is 516 g/mol. The second-order valence-corrected chi connectivity index (χ2v) is 9.53. The van der Waals surface area contributed by atoms with E-state index in [4.69, 9.17) is 20.1 Å². The Morgan fingerprint density at radius 3 is 1.68 bits per heavy atom. The number of carbonyl (C=O) groups is 4. The van der Waals surface area contributed by atoms with Gasteiger partial charge in [0.1, 0.15) is 17.9 Å². The Morgan fingerprint density at radius 1 is 0.675 bits per heavy atom. The molecule has 11 nitrogen and oxygen atoms in total. The van der Waals surface area contributed by atoms with Gasteiger partial charge in [-0.05, 0) is 25.8 Å². The molecule has 11 heteroatoms. The van der Waals surface area contributed by atoms with E-state index in [0.29, 0.717) is 13.2 Å². The van der Waals surface area contributed by atoms with Crippen LogP contribution >= 0.6 is 0 Å². The lowest BCUT2D eigenvalue weighted by atomic mass is 10.1. The molecule has 0 unspecified atom stereocenters. The van der Waals surface area contributed by atoms with Crippen molar-refractivity contribution >= 4 is 23.7 Å². The smallest absolute Gasteiger partial charge is 0.315 e. The number of carbonyl (C=O) groups excluding carboxylic acids is 4. The highest BCUT2D eigenvalue weighted by atomic mass is 16.5. The molecule has 1 rings (SSSR count). The third kappa shape index (κ3) is 14.2. The number of rotatable bonds is 21. The molecular formula is C29H48N4O7. The van der Waals surface area contributed by atoms with E-state index in [1.807, 2.05) is 0 Å². The third-order valence-corrected chi connectivity index (χ3v) is 6.14. The first-order chi connectivity index (χ1) is 19.4. The van der Waals surface area contributed by atoms with Crippen LogP contribution in [0, 0.1) is 0 Å². The number of esters is 1. The zero-order valence-electron chi connectivity index (χ0n) is 24.4. The van der Waals surface area contributed by atoms with E-state index in [9.17, 15) is 19.2 Å². The number of hydrogen-bond acceptors (Lipinski definition) is 8. The van der Waals surface area contributed by atoms with E-state index in [1.165, 1.54) is 37.8 Å². The van der Waals surface area contributed by atoms with Crippen molar-refractivity contribution in [2.24, 2.45) is 5.84 Å². The van der Waals surface area contributed by atoms with Crippen LogP contribution in [0.4, 0.5) is 0 Å². The standard InChI is InChI=1S/C29H48N4O7/c1-4-7-9-11-13-15-17-39-24-20-25(40-18-16-14-12-10-8-5-2)23(19-22(24)28(36)31-30)29(37)33-32-26(34)21-27(35)38-6-3/h19-20H,4-18,21,30H2,1-3H3,(H,31,36)(H,32,34)(H,33,37). The molecule has 0 saturated carbocycles. The molecule has 0 spiro atoms. The minimum Gasteiger partial charge on any atom is -0.493 e. The van der Waals surface area contributed by atoms with Crippen molar-refractivity contribution in [3.63, 3.8) is 0 Å². The van der Waals surface area contributed by atoms with Gasteiger partial charge in [0.05, 0.1) is 30.9 Å². The number of nitrogens with one attached hydrogen (secondary N) is 3. The molecule has 0 bridgehead atoms. The fraction of sp³-hybridized carbons (Fsp3) is 0.655. The highest BCUT2D eigenvalue weighted by molar-refractivity contribution is 6.04. The van der Waals surface area contributed by atoms with Gasteiger partial charge in [0.25, 0.3) is 11.8 Å². The molecule has 3 amide bonds. The van der Waals surface area contributed by atoms with Gasteiger partial charge in [-0.15, -0.1) is 0 Å². The summed E-state index contributed by atoms with van der Waals surface area (Å²) in [5, 5.41) is 0. The summed E-state index contributed by atoms with van der Waals surface area (Å²) in [6, 6.07) is 2.83. The summed E-state index contributed by atoms with van der Waals surface area (Å²) in [6.45, 7) is 6.85. The van der Waals surface area contributed by atoms with Crippen LogP contribution < -0.4 is 31.6 Å². The summed E-state index contributed by atoms with van der Waals surface area (Å²) >= 11 is 0. The predicted octanol–water partition coefficient (Wildman–Crippen LogP) is 4.48. The lowest BCUT2D eigenvalue weighted by molar-refractivity contribution is -0.146. The Labute approximate surface area is 238 Å². The van der Waals surface area contributed by atoms with Gasteiger partial charge in [-0.2, -0.15) is 0 Å². The second-order valence-electron chi connectivity index (χ2n) is 9.53. The van der Waals surface area contributed by atoms with Crippen molar-refractivity contribution in [3.05, 3.63) is 23.3 Å². The minimum atomic E-state index is -0.750. The van der Waals surface area contributed by atoms with Gasteiger partial charge in [0, 0.05) is 6.07 Å². The molecule has 0 saturated heterocycles. The zero-order chi connectivity index (χ0) is 29.6. The molecule has 0 fully saturated rings. The van der Waals surface area contributed by atoms with Crippen LogP contribution in [-0.4, -0.2) is 43.5 Å². The van der Waals surface area contributed by atoms with Crippen LogP contribution in [0.3, 0.4) is 0 Å². The van der Waals surface area contributed by atoms with Crippen LogP contribution in [-0.2, 0) is 14.3 Å². The van der Waals surface area contributed by atoms with Crippen molar-refractivity contribution < 1.29 is 33.4 Å². The van der Waals surface area contributed by atoms with E-state index in [0.717, 1.165) is 51.4 Å².